The molecule has 0 unspecified atom stereocenters. The molecule has 1 aliphatic rings. The van der Waals surface area contributed by atoms with Crippen molar-refractivity contribution in [1.29, 1.82) is 0 Å². The Morgan fingerprint density at radius 1 is 1.36 bits per heavy atom. The molecule has 7 heteroatoms. The molecular weight excluding hydrogens is 318 g/mol. The zero-order chi connectivity index (χ0) is 17.5. The summed E-state index contributed by atoms with van der Waals surface area (Å²) in [5, 5.41) is 10.2. The van der Waals surface area contributed by atoms with Crippen LogP contribution in [0.5, 0.6) is 0 Å². The van der Waals surface area contributed by atoms with E-state index in [9.17, 15) is 4.79 Å². The van der Waals surface area contributed by atoms with Gasteiger partial charge < -0.3 is 10.1 Å². The monoisotopic (exact) mass is 343 g/mol. The smallest absolute Gasteiger partial charge is 0.320 e. The molecule has 2 amide bonds. The summed E-state index contributed by atoms with van der Waals surface area (Å²) < 4.78 is 7.17. The van der Waals surface area contributed by atoms with Gasteiger partial charge in [0, 0.05) is 56.4 Å². The van der Waals surface area contributed by atoms with Gasteiger partial charge in [-0.15, -0.1) is 0 Å². The molecule has 25 heavy (non-hydrogen) atoms. The number of nitrogens with one attached hydrogen (secondary N) is 2. The number of aryl methyl sites for hydroxylation is 2. The molecule has 1 atom stereocenters. The number of ether oxygens (including phenoxy) is 1. The Hall–Kier alpha value is -2.41. The van der Waals surface area contributed by atoms with E-state index in [1.54, 1.807) is 12.3 Å². The summed E-state index contributed by atoms with van der Waals surface area (Å²) in [5.74, 6) is 1.02. The van der Waals surface area contributed by atoms with E-state index in [2.05, 4.69) is 20.7 Å². The summed E-state index contributed by atoms with van der Waals surface area (Å²) >= 11 is 0. The molecule has 3 rings (SSSR count). The van der Waals surface area contributed by atoms with E-state index in [0.29, 0.717) is 11.7 Å². The van der Waals surface area contributed by atoms with Crippen LogP contribution in [0.2, 0.25) is 0 Å². The molecule has 0 bridgehead atoms. The van der Waals surface area contributed by atoms with E-state index in [0.717, 1.165) is 44.7 Å². The second kappa shape index (κ2) is 8.62. The highest BCUT2D eigenvalue weighted by Crippen LogP contribution is 2.18. The first-order valence-corrected chi connectivity index (χ1v) is 8.79. The number of carbonyl (C=O) groups excluding carboxylic acids is 1. The third-order valence-corrected chi connectivity index (χ3v) is 4.54. The van der Waals surface area contributed by atoms with Crippen LogP contribution in [0.15, 0.2) is 36.7 Å². The Bertz CT molecular complexity index is 667. The van der Waals surface area contributed by atoms with Crippen molar-refractivity contribution in [3.63, 3.8) is 0 Å². The van der Waals surface area contributed by atoms with Gasteiger partial charge in [0.05, 0.1) is 0 Å². The minimum Gasteiger partial charge on any atom is -0.381 e. The molecule has 2 aromatic rings. The van der Waals surface area contributed by atoms with Gasteiger partial charge in [0.15, 0.2) is 5.82 Å². The van der Waals surface area contributed by atoms with E-state index in [1.807, 2.05) is 36.0 Å². The Balaban J connectivity index is 1.44. The number of hydrogen-bond acceptors (Lipinski definition) is 4. The summed E-state index contributed by atoms with van der Waals surface area (Å²) in [4.78, 5) is 16.4. The predicted octanol–water partition coefficient (Wildman–Crippen LogP) is 2.46. The van der Waals surface area contributed by atoms with Gasteiger partial charge >= 0.3 is 6.03 Å². The Morgan fingerprint density at radius 3 is 2.96 bits per heavy atom. The molecule has 2 N–H and O–H groups in total. The maximum Gasteiger partial charge on any atom is 0.320 e. The van der Waals surface area contributed by atoms with Crippen molar-refractivity contribution < 1.29 is 9.53 Å². The van der Waals surface area contributed by atoms with Crippen LogP contribution >= 0.6 is 0 Å². The molecule has 2 aromatic heterocycles. The number of urea groups is 1. The second-order valence-corrected chi connectivity index (χ2v) is 6.37. The number of aromatic nitrogens is 3. The molecule has 1 aliphatic heterocycles. The van der Waals surface area contributed by atoms with Gasteiger partial charge in [0.1, 0.15) is 0 Å². The van der Waals surface area contributed by atoms with Crippen LogP contribution in [-0.4, -0.2) is 40.1 Å². The molecule has 0 aromatic carbocycles. The third-order valence-electron chi connectivity index (χ3n) is 4.54. The summed E-state index contributed by atoms with van der Waals surface area (Å²) in [6.45, 7) is 4.32. The Labute approximate surface area is 147 Å². The topological polar surface area (TPSA) is 81.1 Å². The molecule has 0 spiro atoms. The van der Waals surface area contributed by atoms with E-state index < -0.39 is 0 Å². The number of carbonyl (C=O) groups is 1. The molecule has 0 aliphatic carbocycles. The highest BCUT2D eigenvalue weighted by molar-refractivity contribution is 5.88. The lowest BCUT2D eigenvalue weighted by Crippen LogP contribution is -2.42. The third kappa shape index (κ3) is 5.29. The van der Waals surface area contributed by atoms with Crippen molar-refractivity contribution >= 4 is 11.8 Å². The predicted molar refractivity (Wildman–Crippen MR) is 95.3 cm³/mol. The Morgan fingerprint density at radius 2 is 2.20 bits per heavy atom. The van der Waals surface area contributed by atoms with Gasteiger partial charge in [-0.05, 0) is 37.8 Å². The largest absolute Gasteiger partial charge is 0.381 e. The Kier molecular flexibility index (Phi) is 6.00. The van der Waals surface area contributed by atoms with Crippen molar-refractivity contribution in [3.05, 3.63) is 42.4 Å². The zero-order valence-electron chi connectivity index (χ0n) is 14.5. The highest BCUT2D eigenvalue weighted by atomic mass is 16.5. The van der Waals surface area contributed by atoms with Crippen molar-refractivity contribution in [2.75, 3.05) is 18.5 Å². The average Bonchev–Trinajstić information content (AvgIpc) is 3.08. The molecule has 3 heterocycles. The van der Waals surface area contributed by atoms with Crippen LogP contribution in [0.1, 0.15) is 25.5 Å². The number of rotatable bonds is 6. The van der Waals surface area contributed by atoms with Gasteiger partial charge in [0.25, 0.3) is 0 Å². The minimum atomic E-state index is -0.214. The first-order chi connectivity index (χ1) is 12.2. The van der Waals surface area contributed by atoms with Crippen LogP contribution in [0.3, 0.4) is 0 Å². The molecule has 0 saturated carbocycles. The fraction of sp³-hybridized carbons (Fsp3) is 0.500. The molecule has 1 fully saturated rings. The number of hydrogen-bond donors (Lipinski definition) is 2. The summed E-state index contributed by atoms with van der Waals surface area (Å²) in [7, 11) is 0. The lowest BCUT2D eigenvalue weighted by Gasteiger charge is -2.28. The molecule has 1 saturated heterocycles. The number of nitrogens with zero attached hydrogens (tertiary/aromatic N) is 3. The van der Waals surface area contributed by atoms with Gasteiger partial charge in [-0.2, -0.15) is 5.10 Å². The number of anilines is 1. The average molecular weight is 343 g/mol. The minimum absolute atomic E-state index is 0.121. The molecule has 7 nitrogen and oxygen atoms in total. The fourth-order valence-corrected chi connectivity index (χ4v) is 3.02. The van der Waals surface area contributed by atoms with Crippen molar-refractivity contribution in [2.24, 2.45) is 5.92 Å². The van der Waals surface area contributed by atoms with E-state index in [1.165, 1.54) is 0 Å². The summed E-state index contributed by atoms with van der Waals surface area (Å²) in [6.07, 6.45) is 6.43. The SMILES string of the molecule is C[C@@H](NC(=O)Nc1ccn(CCc2ccccn2)n1)C1CCOCC1. The van der Waals surface area contributed by atoms with Crippen molar-refractivity contribution in [3.8, 4) is 0 Å². The molecule has 134 valence electrons. The fourth-order valence-electron chi connectivity index (χ4n) is 3.02. The first kappa shape index (κ1) is 17.4. The van der Waals surface area contributed by atoms with E-state index in [4.69, 9.17) is 4.74 Å². The van der Waals surface area contributed by atoms with Crippen LogP contribution < -0.4 is 10.6 Å². The van der Waals surface area contributed by atoms with Crippen molar-refractivity contribution in [1.82, 2.24) is 20.1 Å². The van der Waals surface area contributed by atoms with E-state index >= 15 is 0 Å². The van der Waals surface area contributed by atoms with Crippen LogP contribution in [-0.2, 0) is 17.7 Å². The summed E-state index contributed by atoms with van der Waals surface area (Å²) in [6, 6.07) is 7.58. The van der Waals surface area contributed by atoms with Gasteiger partial charge in [-0.3, -0.25) is 15.0 Å². The summed E-state index contributed by atoms with van der Waals surface area (Å²) in [5.41, 5.74) is 1.02. The van der Waals surface area contributed by atoms with Crippen LogP contribution in [0.4, 0.5) is 10.6 Å². The van der Waals surface area contributed by atoms with Crippen LogP contribution in [0, 0.1) is 5.92 Å². The number of pyridine rings is 1. The lowest BCUT2D eigenvalue weighted by molar-refractivity contribution is 0.0573. The molecular formula is C18H25N5O2. The highest BCUT2D eigenvalue weighted by Gasteiger charge is 2.21. The van der Waals surface area contributed by atoms with Crippen molar-refractivity contribution in [2.45, 2.75) is 38.8 Å². The number of amides is 2. The second-order valence-electron chi connectivity index (χ2n) is 6.37. The molecule has 0 radical (unpaired) electrons. The maximum atomic E-state index is 12.1. The standard InChI is InChI=1S/C18H25N5O2/c1-14(15-7-12-25-13-8-15)20-18(24)21-17-6-11-23(22-17)10-5-16-4-2-3-9-19-16/h2-4,6,9,11,14-15H,5,7-8,10,12-13H2,1H3,(H2,20,21,22,24)/t14-/m1/s1. The van der Waals surface area contributed by atoms with Gasteiger partial charge in [-0.25, -0.2) is 4.79 Å². The van der Waals surface area contributed by atoms with Crippen LogP contribution in [0.25, 0.3) is 0 Å². The normalized spacial score (nSPS) is 16.4. The maximum absolute atomic E-state index is 12.1. The van der Waals surface area contributed by atoms with Gasteiger partial charge in [0.2, 0.25) is 0 Å². The first-order valence-electron chi connectivity index (χ1n) is 8.79. The lowest BCUT2D eigenvalue weighted by atomic mass is 9.93. The van der Waals surface area contributed by atoms with E-state index in [-0.39, 0.29) is 12.1 Å². The zero-order valence-corrected chi connectivity index (χ0v) is 14.5. The van der Waals surface area contributed by atoms with Gasteiger partial charge in [-0.1, -0.05) is 6.07 Å². The quantitative estimate of drug-likeness (QED) is 0.844.